The maximum Gasteiger partial charge on any atom is 0.294 e. The van der Waals surface area contributed by atoms with E-state index in [1.165, 1.54) is 0 Å². The first kappa shape index (κ1) is 14.8. The molecule has 0 atom stereocenters. The highest BCUT2D eigenvalue weighted by Gasteiger charge is 2.13. The van der Waals surface area contributed by atoms with Crippen LogP contribution < -0.4 is 10.9 Å². The molecule has 2 heterocycles. The molecule has 0 unspecified atom stereocenters. The molecule has 4 rings (SSSR count). The van der Waals surface area contributed by atoms with Gasteiger partial charge in [0, 0.05) is 5.39 Å². The fourth-order valence-electron chi connectivity index (χ4n) is 2.68. The molecule has 0 aliphatic carbocycles. The van der Waals surface area contributed by atoms with E-state index in [2.05, 4.69) is 15.3 Å². The van der Waals surface area contributed by atoms with Crippen molar-refractivity contribution in [2.75, 3.05) is 5.32 Å². The van der Waals surface area contributed by atoms with Crippen molar-refractivity contribution in [3.05, 3.63) is 69.2 Å². The van der Waals surface area contributed by atoms with Gasteiger partial charge >= 0.3 is 0 Å². The Bertz CT molecular complexity index is 1110. The van der Waals surface area contributed by atoms with Crippen molar-refractivity contribution in [2.24, 2.45) is 0 Å². The number of para-hydroxylation sites is 1. The minimum absolute atomic E-state index is 0.247. The average molecular weight is 340 g/mol. The number of fused-ring (bicyclic) bond motifs is 3. The number of anilines is 1. The lowest BCUT2D eigenvalue weighted by Crippen LogP contribution is -2.13. The van der Waals surface area contributed by atoms with Gasteiger partial charge in [0.1, 0.15) is 16.9 Å². The zero-order valence-corrected chi connectivity index (χ0v) is 13.6. The van der Waals surface area contributed by atoms with Crippen LogP contribution in [0.1, 0.15) is 11.4 Å². The summed E-state index contributed by atoms with van der Waals surface area (Å²) in [6.07, 6.45) is 0. The number of aromatic nitrogens is 2. The highest BCUT2D eigenvalue weighted by atomic mass is 35.5. The summed E-state index contributed by atoms with van der Waals surface area (Å²) in [5.74, 6) is 0.525. The van der Waals surface area contributed by atoms with Gasteiger partial charge in [-0.25, -0.2) is 4.98 Å². The number of nitrogens with one attached hydrogen (secondary N) is 2. The smallest absolute Gasteiger partial charge is 0.294 e. The van der Waals surface area contributed by atoms with Crippen LogP contribution in [0.5, 0.6) is 0 Å². The average Bonchev–Trinajstić information content (AvgIpc) is 2.93. The Labute approximate surface area is 142 Å². The lowest BCUT2D eigenvalue weighted by Gasteiger charge is -2.07. The zero-order valence-electron chi connectivity index (χ0n) is 12.9. The Balaban J connectivity index is 1.76. The molecule has 0 saturated carbocycles. The molecule has 0 saturated heterocycles. The molecule has 24 heavy (non-hydrogen) atoms. The first-order valence-electron chi connectivity index (χ1n) is 7.52. The molecule has 4 aromatic rings. The summed E-state index contributed by atoms with van der Waals surface area (Å²) in [4.78, 5) is 19.6. The molecule has 0 fully saturated rings. The first-order valence-corrected chi connectivity index (χ1v) is 7.90. The van der Waals surface area contributed by atoms with Crippen LogP contribution in [0.4, 0.5) is 5.69 Å². The highest BCUT2D eigenvalue weighted by Crippen LogP contribution is 2.26. The van der Waals surface area contributed by atoms with Crippen LogP contribution in [-0.4, -0.2) is 9.97 Å². The number of nitrogens with zero attached hydrogens (tertiary/aromatic N) is 1. The lowest BCUT2D eigenvalue weighted by molar-refractivity contribution is 0.659. The highest BCUT2D eigenvalue weighted by molar-refractivity contribution is 6.33. The number of halogens is 1. The molecule has 0 spiro atoms. The molecule has 0 bridgehead atoms. The number of hydrogen-bond donors (Lipinski definition) is 2. The van der Waals surface area contributed by atoms with Crippen LogP contribution in [0, 0.1) is 6.92 Å². The Morgan fingerprint density at radius 1 is 1.25 bits per heavy atom. The van der Waals surface area contributed by atoms with Gasteiger partial charge in [-0.1, -0.05) is 35.4 Å². The van der Waals surface area contributed by atoms with Gasteiger partial charge in [0.25, 0.3) is 5.56 Å². The lowest BCUT2D eigenvalue weighted by atomic mass is 10.2. The number of benzene rings is 2. The van der Waals surface area contributed by atoms with Gasteiger partial charge in [-0.15, -0.1) is 0 Å². The molecule has 2 aromatic heterocycles. The molecule has 0 aliphatic heterocycles. The normalized spacial score (nSPS) is 11.2. The molecule has 0 aliphatic rings. The molecule has 120 valence electrons. The van der Waals surface area contributed by atoms with Crippen LogP contribution in [0.15, 0.2) is 51.7 Å². The van der Waals surface area contributed by atoms with Crippen LogP contribution in [-0.2, 0) is 6.54 Å². The van der Waals surface area contributed by atoms with Gasteiger partial charge in [-0.3, -0.25) is 4.79 Å². The van der Waals surface area contributed by atoms with Crippen LogP contribution in [0.2, 0.25) is 5.02 Å². The maximum atomic E-state index is 12.3. The Kier molecular flexibility index (Phi) is 3.50. The topological polar surface area (TPSA) is 70.9 Å². The van der Waals surface area contributed by atoms with Gasteiger partial charge in [-0.05, 0) is 31.2 Å². The van der Waals surface area contributed by atoms with E-state index >= 15 is 0 Å². The summed E-state index contributed by atoms with van der Waals surface area (Å²) < 4.78 is 5.63. The first-order chi connectivity index (χ1) is 11.6. The second kappa shape index (κ2) is 5.69. The predicted octanol–water partition coefficient (Wildman–Crippen LogP) is 4.24. The Morgan fingerprint density at radius 3 is 2.92 bits per heavy atom. The third-order valence-electron chi connectivity index (χ3n) is 3.85. The SMILES string of the molecule is Cc1ccc2oc3c(=O)[nH]c(CNc4ccccc4Cl)nc3c2c1. The third kappa shape index (κ3) is 2.53. The largest absolute Gasteiger partial charge is 0.449 e. The van der Waals surface area contributed by atoms with E-state index in [4.69, 9.17) is 16.0 Å². The zero-order chi connectivity index (χ0) is 16.7. The number of H-pyrrole nitrogens is 1. The molecule has 6 heteroatoms. The molecule has 2 aromatic carbocycles. The minimum atomic E-state index is -0.287. The van der Waals surface area contributed by atoms with Crippen molar-refractivity contribution in [3.8, 4) is 0 Å². The van der Waals surface area contributed by atoms with Gasteiger partial charge < -0.3 is 14.7 Å². The van der Waals surface area contributed by atoms with E-state index in [1.54, 1.807) is 6.07 Å². The quantitative estimate of drug-likeness (QED) is 0.585. The predicted molar refractivity (Wildman–Crippen MR) is 95.7 cm³/mol. The van der Waals surface area contributed by atoms with Gasteiger partial charge in [0.05, 0.1) is 17.3 Å². The second-order valence-electron chi connectivity index (χ2n) is 5.63. The van der Waals surface area contributed by atoms with E-state index in [9.17, 15) is 4.79 Å². The van der Waals surface area contributed by atoms with Crippen molar-refractivity contribution < 1.29 is 4.42 Å². The number of aromatic amines is 1. The molecular formula is C18H14ClN3O2. The number of rotatable bonds is 3. The third-order valence-corrected chi connectivity index (χ3v) is 4.18. The van der Waals surface area contributed by atoms with E-state index in [-0.39, 0.29) is 11.1 Å². The number of aryl methyl sites for hydroxylation is 1. The molecule has 0 radical (unpaired) electrons. The van der Waals surface area contributed by atoms with Crippen molar-refractivity contribution >= 4 is 39.4 Å². The Hall–Kier alpha value is -2.79. The van der Waals surface area contributed by atoms with Crippen molar-refractivity contribution in [2.45, 2.75) is 13.5 Å². The van der Waals surface area contributed by atoms with Gasteiger partial charge in [0.15, 0.2) is 0 Å². The van der Waals surface area contributed by atoms with E-state index in [0.29, 0.717) is 28.5 Å². The van der Waals surface area contributed by atoms with Crippen molar-refractivity contribution in [1.29, 1.82) is 0 Å². The molecular weight excluding hydrogens is 326 g/mol. The summed E-state index contributed by atoms with van der Waals surface area (Å²) in [6.45, 7) is 2.35. The van der Waals surface area contributed by atoms with Gasteiger partial charge in [-0.2, -0.15) is 0 Å². The summed E-state index contributed by atoms with van der Waals surface area (Å²) in [6, 6.07) is 13.2. The van der Waals surface area contributed by atoms with Gasteiger partial charge in [0.2, 0.25) is 5.58 Å². The maximum absolute atomic E-state index is 12.3. The van der Waals surface area contributed by atoms with Crippen molar-refractivity contribution in [3.63, 3.8) is 0 Å². The van der Waals surface area contributed by atoms with Crippen LogP contribution in [0.25, 0.3) is 22.1 Å². The second-order valence-corrected chi connectivity index (χ2v) is 6.03. The number of hydrogen-bond acceptors (Lipinski definition) is 4. The monoisotopic (exact) mass is 339 g/mol. The standard InChI is InChI=1S/C18H14ClN3O2/c1-10-6-7-14-11(8-10)16-17(24-14)18(23)22-15(21-16)9-20-13-5-3-2-4-12(13)19/h2-8,20H,9H2,1H3,(H,21,22,23). The molecule has 5 nitrogen and oxygen atoms in total. The van der Waals surface area contributed by atoms with E-state index < -0.39 is 0 Å². The van der Waals surface area contributed by atoms with Crippen LogP contribution in [0.3, 0.4) is 0 Å². The summed E-state index contributed by atoms with van der Waals surface area (Å²) in [7, 11) is 0. The number of furan rings is 1. The summed E-state index contributed by atoms with van der Waals surface area (Å²) >= 11 is 6.13. The summed E-state index contributed by atoms with van der Waals surface area (Å²) in [5, 5.41) is 4.64. The fraction of sp³-hybridized carbons (Fsp3) is 0.111. The Morgan fingerprint density at radius 2 is 2.08 bits per heavy atom. The summed E-state index contributed by atoms with van der Waals surface area (Å²) in [5.41, 5.74) is 3.07. The molecule has 0 amide bonds. The fourth-order valence-corrected chi connectivity index (χ4v) is 2.88. The van der Waals surface area contributed by atoms with E-state index in [0.717, 1.165) is 16.6 Å². The molecule has 2 N–H and O–H groups in total. The van der Waals surface area contributed by atoms with Crippen LogP contribution >= 0.6 is 11.6 Å². The van der Waals surface area contributed by atoms with E-state index in [1.807, 2.05) is 43.3 Å². The minimum Gasteiger partial charge on any atom is -0.449 e. The van der Waals surface area contributed by atoms with Crippen molar-refractivity contribution in [1.82, 2.24) is 9.97 Å².